The summed E-state index contributed by atoms with van der Waals surface area (Å²) < 4.78 is 37.9. The number of aromatic amines is 1. The Labute approximate surface area is 272 Å². The number of nitrogens with one attached hydrogen (secondary N) is 1. The molecule has 2 aromatic heterocycles. The van der Waals surface area contributed by atoms with Crippen LogP contribution in [-0.2, 0) is 37.8 Å². The molecule has 0 aliphatic carbocycles. The van der Waals surface area contributed by atoms with Crippen LogP contribution in [0.3, 0.4) is 0 Å². The van der Waals surface area contributed by atoms with Gasteiger partial charge in [0, 0.05) is 32.4 Å². The van der Waals surface area contributed by atoms with Crippen molar-refractivity contribution in [3.05, 3.63) is 16.7 Å². The van der Waals surface area contributed by atoms with Crippen LogP contribution in [0.4, 0.5) is 5.95 Å². The van der Waals surface area contributed by atoms with Crippen LogP contribution in [0, 0.1) is 11.3 Å². The SMILES string of the molecule is CC(=O)OCC(CCOCO[C@@H]1[C@H](O[P+](O)(CCC#N)N(C(C)C)C(C)C)[C@@H](CO)O[C@H]1n1cnc2c(=O)[nH]c(N)nc21)OC(C)=O. The molecule has 19 heteroatoms. The molecule has 0 amide bonds. The van der Waals surface area contributed by atoms with Crippen molar-refractivity contribution in [1.82, 2.24) is 24.2 Å². The topological polar surface area (TPSA) is 247 Å². The summed E-state index contributed by atoms with van der Waals surface area (Å²) in [6, 6.07) is 1.72. The predicted octanol–water partition coefficient (Wildman–Crippen LogP) is 1.01. The van der Waals surface area contributed by atoms with Gasteiger partial charge in [-0.2, -0.15) is 14.8 Å². The molecule has 0 bridgehead atoms. The van der Waals surface area contributed by atoms with Crippen LogP contribution in [0.2, 0.25) is 0 Å². The van der Waals surface area contributed by atoms with Crippen molar-refractivity contribution in [3.63, 3.8) is 0 Å². The second-order valence-corrected chi connectivity index (χ2v) is 13.9. The molecular formula is C28H45N7O11P+. The smallest absolute Gasteiger partial charge is 0.347 e. The number of aromatic nitrogens is 4. The molecule has 0 saturated carbocycles. The molecule has 2 unspecified atom stereocenters. The Bertz CT molecular complexity index is 1440. The number of nitrogens with zero attached hydrogens (tertiary/aromatic N) is 5. The summed E-state index contributed by atoms with van der Waals surface area (Å²) in [5, 5.41) is 19.8. The Kier molecular flexibility index (Phi) is 14.0. The Morgan fingerprint density at radius 1 is 1.23 bits per heavy atom. The lowest BCUT2D eigenvalue weighted by atomic mass is 10.1. The number of esters is 2. The van der Waals surface area contributed by atoms with E-state index in [0.29, 0.717) is 0 Å². The fourth-order valence-electron chi connectivity index (χ4n) is 5.47. The lowest BCUT2D eigenvalue weighted by molar-refractivity contribution is -0.160. The minimum Gasteiger partial charge on any atom is -0.462 e. The highest BCUT2D eigenvalue weighted by atomic mass is 31.2. The van der Waals surface area contributed by atoms with Crippen LogP contribution >= 0.6 is 7.87 Å². The van der Waals surface area contributed by atoms with Gasteiger partial charge in [-0.05, 0) is 27.7 Å². The van der Waals surface area contributed by atoms with Gasteiger partial charge in [-0.25, -0.2) is 9.88 Å². The molecule has 3 rings (SSSR count). The molecule has 0 aromatic carbocycles. The van der Waals surface area contributed by atoms with Crippen LogP contribution < -0.4 is 11.3 Å². The zero-order valence-corrected chi connectivity index (χ0v) is 28.3. The molecule has 47 heavy (non-hydrogen) atoms. The zero-order valence-electron chi connectivity index (χ0n) is 27.4. The molecule has 1 fully saturated rings. The molecule has 0 radical (unpaired) electrons. The first-order chi connectivity index (χ1) is 22.2. The number of fused-ring (bicyclic) bond motifs is 1. The molecule has 3 heterocycles. The quantitative estimate of drug-likeness (QED) is 0.0739. The molecule has 2 aromatic rings. The van der Waals surface area contributed by atoms with E-state index >= 15 is 0 Å². The van der Waals surface area contributed by atoms with E-state index in [4.69, 9.17) is 33.9 Å². The van der Waals surface area contributed by atoms with Gasteiger partial charge in [-0.1, -0.05) is 0 Å². The van der Waals surface area contributed by atoms with E-state index in [1.165, 1.54) is 24.7 Å². The Hall–Kier alpha value is -3.27. The molecule has 1 saturated heterocycles. The van der Waals surface area contributed by atoms with Crippen molar-refractivity contribution in [2.45, 2.75) is 97.1 Å². The van der Waals surface area contributed by atoms with E-state index in [-0.39, 0.29) is 68.2 Å². The maximum Gasteiger partial charge on any atom is 0.347 e. The van der Waals surface area contributed by atoms with E-state index in [2.05, 4.69) is 21.0 Å². The second kappa shape index (κ2) is 17.2. The lowest BCUT2D eigenvalue weighted by Crippen LogP contribution is -2.44. The number of carbonyl (C=O) groups is 2. The third-order valence-electron chi connectivity index (χ3n) is 7.15. The van der Waals surface area contributed by atoms with Crippen LogP contribution in [0.25, 0.3) is 11.2 Å². The third-order valence-corrected chi connectivity index (χ3v) is 10.2. The van der Waals surface area contributed by atoms with Gasteiger partial charge in [0.2, 0.25) is 5.95 Å². The first-order valence-corrected chi connectivity index (χ1v) is 17.0. The number of carbonyl (C=O) groups excluding carboxylic acids is 2. The molecule has 0 spiro atoms. The highest BCUT2D eigenvalue weighted by molar-refractivity contribution is 7.63. The summed E-state index contributed by atoms with van der Waals surface area (Å²) in [6.07, 6.45) is -3.54. The average Bonchev–Trinajstić information content (AvgIpc) is 3.54. The first-order valence-electron chi connectivity index (χ1n) is 15.2. The minimum absolute atomic E-state index is 0.00459. The number of imidazole rings is 1. The van der Waals surface area contributed by atoms with Gasteiger partial charge in [-0.15, -0.1) is 4.67 Å². The number of nitrogens with two attached hydrogens (primary N) is 1. The summed E-state index contributed by atoms with van der Waals surface area (Å²) in [4.78, 5) is 58.1. The van der Waals surface area contributed by atoms with Crippen molar-refractivity contribution in [2.24, 2.45) is 0 Å². The normalized spacial score (nSPS) is 21.7. The van der Waals surface area contributed by atoms with Crippen LogP contribution in [0.1, 0.15) is 60.6 Å². The number of hydrogen-bond acceptors (Lipinski definition) is 16. The third kappa shape index (κ3) is 9.87. The first kappa shape index (κ1) is 38.2. The molecule has 18 nitrogen and oxygen atoms in total. The number of nitrogen functional groups attached to an aromatic ring is 1. The highest BCUT2D eigenvalue weighted by Crippen LogP contribution is 2.63. The Balaban J connectivity index is 1.93. The number of aliphatic hydroxyl groups excluding tert-OH is 1. The fraction of sp³-hybridized carbons (Fsp3) is 0.714. The maximum atomic E-state index is 12.5. The predicted molar refractivity (Wildman–Crippen MR) is 167 cm³/mol. The standard InChI is InChI=1S/C28H44N7O11P/c1-16(2)35(17(3)4)47(40,11-7-9-29)46-23-21(12-36)45-27(34-14-31-22-25(34)32-28(30)33-26(22)39)24(23)43-15-41-10-8-20(44-19(6)38)13-42-18(5)37/h14,16-17,20-21,23-24,27,36,40H,7-8,10-13,15H2,1-6H3,(H2-,30,32,33,39)/p+1/t20?,21-,23-,24-,27-,47?/m1/s1. The molecule has 1 aliphatic heterocycles. The van der Waals surface area contributed by atoms with Gasteiger partial charge in [0.25, 0.3) is 5.56 Å². The number of ether oxygens (including phenoxy) is 5. The maximum absolute atomic E-state index is 12.5. The Morgan fingerprint density at radius 3 is 2.53 bits per heavy atom. The number of aliphatic hydroxyl groups is 1. The van der Waals surface area contributed by atoms with E-state index in [1.807, 2.05) is 32.4 Å². The summed E-state index contributed by atoms with van der Waals surface area (Å²) in [5.74, 6) is -1.24. The molecule has 5 N–H and O–H groups in total. The molecular weight excluding hydrogens is 641 g/mol. The number of rotatable bonds is 18. The van der Waals surface area contributed by atoms with E-state index in [0.717, 1.165) is 0 Å². The number of H-pyrrole nitrogens is 1. The van der Waals surface area contributed by atoms with Crippen LogP contribution in [-0.4, -0.2) is 115 Å². The minimum atomic E-state index is -3.51. The highest BCUT2D eigenvalue weighted by Gasteiger charge is 2.58. The van der Waals surface area contributed by atoms with E-state index in [1.54, 1.807) is 0 Å². The van der Waals surface area contributed by atoms with Crippen molar-refractivity contribution < 1.29 is 47.8 Å². The zero-order chi connectivity index (χ0) is 34.9. The molecule has 1 aliphatic rings. The van der Waals surface area contributed by atoms with Gasteiger partial charge < -0.3 is 34.5 Å². The van der Waals surface area contributed by atoms with Crippen molar-refractivity contribution >= 4 is 36.9 Å². The number of anilines is 1. The van der Waals surface area contributed by atoms with Crippen LogP contribution in [0.15, 0.2) is 11.1 Å². The summed E-state index contributed by atoms with van der Waals surface area (Å²) >= 11 is 0. The van der Waals surface area contributed by atoms with Crippen molar-refractivity contribution in [3.8, 4) is 6.07 Å². The Morgan fingerprint density at radius 2 is 1.94 bits per heavy atom. The van der Waals surface area contributed by atoms with E-state index in [9.17, 15) is 29.6 Å². The number of nitriles is 1. The molecule has 6 atom stereocenters. The number of hydrogen-bond donors (Lipinski definition) is 4. The van der Waals surface area contributed by atoms with Gasteiger partial charge in [0.15, 0.2) is 23.5 Å². The largest absolute Gasteiger partial charge is 0.462 e. The van der Waals surface area contributed by atoms with Gasteiger partial charge in [-0.3, -0.25) is 23.9 Å². The summed E-state index contributed by atoms with van der Waals surface area (Å²) in [6.45, 7) is 9.06. The summed E-state index contributed by atoms with van der Waals surface area (Å²) in [7, 11) is -3.51. The summed E-state index contributed by atoms with van der Waals surface area (Å²) in [5.41, 5.74) is 5.30. The lowest BCUT2D eigenvalue weighted by Gasteiger charge is -2.37. The van der Waals surface area contributed by atoms with Crippen molar-refractivity contribution in [2.75, 3.05) is 38.5 Å². The second-order valence-electron chi connectivity index (χ2n) is 11.4. The van der Waals surface area contributed by atoms with Crippen LogP contribution in [0.5, 0.6) is 0 Å². The molecule has 262 valence electrons. The van der Waals surface area contributed by atoms with Gasteiger partial charge >= 0.3 is 19.8 Å². The van der Waals surface area contributed by atoms with Gasteiger partial charge in [0.1, 0.15) is 37.9 Å². The van der Waals surface area contributed by atoms with Crippen molar-refractivity contribution in [1.29, 1.82) is 5.26 Å². The monoisotopic (exact) mass is 686 g/mol. The fourth-order valence-corrected chi connectivity index (χ4v) is 8.39. The van der Waals surface area contributed by atoms with E-state index < -0.39 is 62.6 Å². The average molecular weight is 687 g/mol. The van der Waals surface area contributed by atoms with Gasteiger partial charge in [0.05, 0.1) is 32.0 Å².